The SMILES string of the molecule is CNC1CCN(C(=O)CC(=O)OC)CC1.Cl. The fourth-order valence-corrected chi connectivity index (χ4v) is 1.73. The molecule has 5 nitrogen and oxygen atoms in total. The van der Waals surface area contributed by atoms with Gasteiger partial charge < -0.3 is 15.0 Å². The van der Waals surface area contributed by atoms with Crippen molar-refractivity contribution in [2.24, 2.45) is 0 Å². The van der Waals surface area contributed by atoms with Gasteiger partial charge >= 0.3 is 5.97 Å². The molecule has 1 N–H and O–H groups in total. The van der Waals surface area contributed by atoms with E-state index in [2.05, 4.69) is 10.1 Å². The third kappa shape index (κ3) is 4.37. The fraction of sp³-hybridized carbons (Fsp3) is 0.800. The topological polar surface area (TPSA) is 58.6 Å². The van der Waals surface area contributed by atoms with Crippen molar-refractivity contribution in [3.8, 4) is 0 Å². The first kappa shape index (κ1) is 15.2. The Kier molecular flexibility index (Phi) is 7.08. The molecular weight excluding hydrogens is 232 g/mol. The van der Waals surface area contributed by atoms with Gasteiger partial charge in [-0.2, -0.15) is 0 Å². The lowest BCUT2D eigenvalue weighted by molar-refractivity contribution is -0.147. The highest BCUT2D eigenvalue weighted by molar-refractivity contribution is 5.94. The zero-order chi connectivity index (χ0) is 11.3. The van der Waals surface area contributed by atoms with E-state index < -0.39 is 5.97 Å². The number of carbonyl (C=O) groups is 2. The first-order valence-electron chi connectivity index (χ1n) is 5.19. The van der Waals surface area contributed by atoms with E-state index in [-0.39, 0.29) is 24.7 Å². The number of carbonyl (C=O) groups excluding carboxylic acids is 2. The first-order chi connectivity index (χ1) is 7.17. The van der Waals surface area contributed by atoms with Crippen LogP contribution in [0.4, 0.5) is 0 Å². The maximum absolute atomic E-state index is 11.6. The van der Waals surface area contributed by atoms with Crippen molar-refractivity contribution in [1.29, 1.82) is 0 Å². The molecule has 0 spiro atoms. The van der Waals surface area contributed by atoms with Gasteiger partial charge in [0.25, 0.3) is 0 Å². The number of rotatable bonds is 3. The first-order valence-corrected chi connectivity index (χ1v) is 5.19. The van der Waals surface area contributed by atoms with Gasteiger partial charge in [0.2, 0.25) is 5.91 Å². The predicted molar refractivity (Wildman–Crippen MR) is 62.5 cm³/mol. The number of nitrogens with zero attached hydrogens (tertiary/aromatic N) is 1. The quantitative estimate of drug-likeness (QED) is 0.574. The number of piperidine rings is 1. The number of nitrogens with one attached hydrogen (secondary N) is 1. The third-order valence-electron chi connectivity index (χ3n) is 2.78. The fourth-order valence-electron chi connectivity index (χ4n) is 1.73. The number of amides is 1. The van der Waals surface area contributed by atoms with Crippen LogP contribution < -0.4 is 5.32 Å². The molecule has 0 aromatic carbocycles. The van der Waals surface area contributed by atoms with Gasteiger partial charge in [-0.3, -0.25) is 9.59 Å². The van der Waals surface area contributed by atoms with Crippen LogP contribution in [0.15, 0.2) is 0 Å². The van der Waals surface area contributed by atoms with Gasteiger partial charge in [0.15, 0.2) is 0 Å². The summed E-state index contributed by atoms with van der Waals surface area (Å²) < 4.78 is 4.46. The molecule has 0 aromatic rings. The molecule has 0 aliphatic carbocycles. The molecule has 1 fully saturated rings. The maximum atomic E-state index is 11.6. The Morgan fingerprint density at radius 3 is 2.38 bits per heavy atom. The van der Waals surface area contributed by atoms with E-state index in [1.807, 2.05) is 7.05 Å². The normalized spacial score (nSPS) is 16.5. The number of halogens is 1. The molecule has 94 valence electrons. The molecule has 1 rings (SSSR count). The Hall–Kier alpha value is -0.810. The molecule has 1 aliphatic heterocycles. The third-order valence-corrected chi connectivity index (χ3v) is 2.78. The van der Waals surface area contributed by atoms with Gasteiger partial charge in [-0.25, -0.2) is 0 Å². The van der Waals surface area contributed by atoms with E-state index >= 15 is 0 Å². The second-order valence-electron chi connectivity index (χ2n) is 3.70. The van der Waals surface area contributed by atoms with Crippen LogP contribution in [-0.2, 0) is 14.3 Å². The van der Waals surface area contributed by atoms with Crippen LogP contribution in [0.25, 0.3) is 0 Å². The van der Waals surface area contributed by atoms with Crippen LogP contribution in [0.2, 0.25) is 0 Å². The highest BCUT2D eigenvalue weighted by atomic mass is 35.5. The average molecular weight is 251 g/mol. The largest absolute Gasteiger partial charge is 0.469 e. The number of likely N-dealkylation sites (tertiary alicyclic amines) is 1. The van der Waals surface area contributed by atoms with Gasteiger partial charge in [-0.15, -0.1) is 12.4 Å². The summed E-state index contributed by atoms with van der Waals surface area (Å²) in [5, 5.41) is 3.19. The maximum Gasteiger partial charge on any atom is 0.315 e. The monoisotopic (exact) mass is 250 g/mol. The minimum absolute atomic E-state index is 0. The smallest absolute Gasteiger partial charge is 0.315 e. The molecular formula is C10H19ClN2O3. The number of esters is 1. The summed E-state index contributed by atoms with van der Waals surface area (Å²) in [6, 6.07) is 0.493. The summed E-state index contributed by atoms with van der Waals surface area (Å²) in [5.74, 6) is -0.591. The van der Waals surface area contributed by atoms with Crippen molar-refractivity contribution >= 4 is 24.3 Å². The Morgan fingerprint density at radius 2 is 1.94 bits per heavy atom. The molecule has 0 atom stereocenters. The van der Waals surface area contributed by atoms with E-state index in [1.54, 1.807) is 4.90 Å². The Bertz CT molecular complexity index is 240. The van der Waals surface area contributed by atoms with Crippen LogP contribution in [0, 0.1) is 0 Å². The Labute approximate surface area is 102 Å². The van der Waals surface area contributed by atoms with Crippen LogP contribution in [0.5, 0.6) is 0 Å². The lowest BCUT2D eigenvalue weighted by Crippen LogP contribution is -2.44. The summed E-state index contributed by atoms with van der Waals surface area (Å²) in [7, 11) is 3.22. The van der Waals surface area contributed by atoms with Crippen molar-refractivity contribution in [3.05, 3.63) is 0 Å². The van der Waals surface area contributed by atoms with Gasteiger partial charge in [0, 0.05) is 19.1 Å². The predicted octanol–water partition coefficient (Wildman–Crippen LogP) is 0.182. The molecule has 0 aromatic heterocycles. The lowest BCUT2D eigenvalue weighted by Gasteiger charge is -2.31. The summed E-state index contributed by atoms with van der Waals surface area (Å²) in [5.41, 5.74) is 0. The van der Waals surface area contributed by atoms with Crippen molar-refractivity contribution < 1.29 is 14.3 Å². The Morgan fingerprint density at radius 1 is 1.38 bits per heavy atom. The zero-order valence-electron chi connectivity index (χ0n) is 9.69. The molecule has 1 aliphatic rings. The summed E-state index contributed by atoms with van der Waals surface area (Å²) in [6.45, 7) is 1.45. The van der Waals surface area contributed by atoms with Crippen molar-refractivity contribution in [2.75, 3.05) is 27.2 Å². The molecule has 0 saturated carbocycles. The number of hydrogen-bond acceptors (Lipinski definition) is 4. The summed E-state index contributed by atoms with van der Waals surface area (Å²) in [4.78, 5) is 24.2. The van der Waals surface area contributed by atoms with Gasteiger partial charge in [-0.05, 0) is 19.9 Å². The van der Waals surface area contributed by atoms with E-state index in [9.17, 15) is 9.59 Å². The van der Waals surface area contributed by atoms with E-state index in [0.29, 0.717) is 6.04 Å². The molecule has 1 amide bonds. The summed E-state index contributed by atoms with van der Waals surface area (Å²) >= 11 is 0. The average Bonchev–Trinajstić information content (AvgIpc) is 2.29. The van der Waals surface area contributed by atoms with E-state index in [0.717, 1.165) is 25.9 Å². The van der Waals surface area contributed by atoms with Crippen molar-refractivity contribution in [3.63, 3.8) is 0 Å². The van der Waals surface area contributed by atoms with Gasteiger partial charge in [0.05, 0.1) is 7.11 Å². The van der Waals surface area contributed by atoms with Crippen molar-refractivity contribution in [2.45, 2.75) is 25.3 Å². The number of hydrogen-bond donors (Lipinski definition) is 1. The van der Waals surface area contributed by atoms with Crippen LogP contribution in [0.3, 0.4) is 0 Å². The molecule has 1 heterocycles. The van der Waals surface area contributed by atoms with Gasteiger partial charge in [0.1, 0.15) is 6.42 Å². The standard InChI is InChI=1S/C10H18N2O3.ClH/c1-11-8-3-5-12(6-4-8)9(13)7-10(14)15-2;/h8,11H,3-7H2,1-2H3;1H. The van der Waals surface area contributed by atoms with Crippen LogP contribution in [-0.4, -0.2) is 50.1 Å². The molecule has 0 unspecified atom stereocenters. The molecule has 0 bridgehead atoms. The molecule has 16 heavy (non-hydrogen) atoms. The minimum Gasteiger partial charge on any atom is -0.469 e. The second kappa shape index (κ2) is 7.46. The molecule has 0 radical (unpaired) electrons. The van der Waals surface area contributed by atoms with Gasteiger partial charge in [-0.1, -0.05) is 0 Å². The highest BCUT2D eigenvalue weighted by Gasteiger charge is 2.23. The summed E-state index contributed by atoms with van der Waals surface area (Å²) in [6.07, 6.45) is 1.76. The van der Waals surface area contributed by atoms with E-state index in [4.69, 9.17) is 0 Å². The molecule has 1 saturated heterocycles. The van der Waals surface area contributed by atoms with Crippen LogP contribution in [0.1, 0.15) is 19.3 Å². The minimum atomic E-state index is -0.462. The zero-order valence-corrected chi connectivity index (χ0v) is 10.5. The number of methoxy groups -OCH3 is 1. The Balaban J connectivity index is 0.00000225. The molecule has 6 heteroatoms. The van der Waals surface area contributed by atoms with E-state index in [1.165, 1.54) is 7.11 Å². The number of ether oxygens (including phenoxy) is 1. The lowest BCUT2D eigenvalue weighted by atomic mass is 10.1. The van der Waals surface area contributed by atoms with Crippen molar-refractivity contribution in [1.82, 2.24) is 10.2 Å². The second-order valence-corrected chi connectivity index (χ2v) is 3.70. The van der Waals surface area contributed by atoms with Crippen LogP contribution >= 0.6 is 12.4 Å². The highest BCUT2D eigenvalue weighted by Crippen LogP contribution is 2.11.